The molecule has 0 saturated carbocycles. The normalized spacial score (nSPS) is 12.4. The fraction of sp³-hybridized carbons (Fsp3) is 0.0400. The molecule has 30 nitrogen and oxygen atoms in total. The SMILES string of the molecule is COc1ccc(CN=Nc2cc(S(=O)(=O)O)cc3cc(S(=O)(=O)O)cc(O)c23)cc1N=Nc1c(S(=O)(=O)O)cc2cc(S(=O)(=O)O)cc(Nc3nc(Nc4ccccc4)nc(Nc4ccc(N=Nc5ccc(O)c(C(=O)O)c5)cc4)n3)c2c1O. The summed E-state index contributed by atoms with van der Waals surface area (Å²) in [6, 6.07) is 28.0. The monoisotopic (exact) mass is 1220 g/mol. The molecule has 430 valence electrons. The van der Waals surface area contributed by atoms with E-state index in [1.54, 1.807) is 42.5 Å². The van der Waals surface area contributed by atoms with E-state index in [4.69, 9.17) is 4.74 Å². The van der Waals surface area contributed by atoms with E-state index in [2.05, 4.69) is 61.6 Å². The van der Waals surface area contributed by atoms with Crippen molar-refractivity contribution in [3.8, 4) is 23.0 Å². The molecule has 0 amide bonds. The van der Waals surface area contributed by atoms with Gasteiger partial charge in [0, 0.05) is 22.8 Å². The summed E-state index contributed by atoms with van der Waals surface area (Å²) in [6.07, 6.45) is 0. The lowest BCUT2D eigenvalue weighted by Crippen LogP contribution is -2.08. The van der Waals surface area contributed by atoms with E-state index < -0.39 is 100 Å². The first-order valence-corrected chi connectivity index (χ1v) is 29.1. The van der Waals surface area contributed by atoms with Gasteiger partial charge in [0.2, 0.25) is 17.8 Å². The molecule has 9 aromatic rings. The third kappa shape index (κ3) is 13.4. The number of hydrogen-bond donors (Lipinski definition) is 11. The van der Waals surface area contributed by atoms with E-state index in [1.807, 2.05) is 0 Å². The Morgan fingerprint density at radius 2 is 1.08 bits per heavy atom. The largest absolute Gasteiger partial charge is 0.507 e. The molecule has 0 aliphatic rings. The van der Waals surface area contributed by atoms with E-state index in [1.165, 1.54) is 43.5 Å². The van der Waals surface area contributed by atoms with Gasteiger partial charge in [0.25, 0.3) is 40.5 Å². The van der Waals surface area contributed by atoms with E-state index in [-0.39, 0.29) is 74.5 Å². The lowest BCUT2D eigenvalue weighted by Gasteiger charge is -2.16. The molecule has 84 heavy (non-hydrogen) atoms. The number of aromatic carboxylic acids is 1. The van der Waals surface area contributed by atoms with Gasteiger partial charge in [-0.1, -0.05) is 24.3 Å². The average molecular weight is 1220 g/mol. The number of nitrogens with one attached hydrogen (secondary N) is 3. The molecule has 34 heteroatoms. The first kappa shape index (κ1) is 58.5. The molecule has 0 saturated heterocycles. The number of fused-ring (bicyclic) bond motifs is 2. The third-order valence-corrected chi connectivity index (χ3v) is 15.1. The number of carbonyl (C=O) groups is 1. The average Bonchev–Trinajstić information content (AvgIpc) is 1.22. The summed E-state index contributed by atoms with van der Waals surface area (Å²) in [5.74, 6) is -4.26. The summed E-state index contributed by atoms with van der Waals surface area (Å²) in [5, 5.41) is 73.7. The van der Waals surface area contributed by atoms with Crippen LogP contribution in [-0.4, -0.2) is 100 Å². The summed E-state index contributed by atoms with van der Waals surface area (Å²) >= 11 is 0. The second-order valence-electron chi connectivity index (χ2n) is 17.4. The second-order valence-corrected chi connectivity index (χ2v) is 23.1. The number of ether oxygens (including phenoxy) is 1. The van der Waals surface area contributed by atoms with Crippen molar-refractivity contribution in [3.63, 3.8) is 0 Å². The lowest BCUT2D eigenvalue weighted by atomic mass is 10.1. The van der Waals surface area contributed by atoms with Crippen LogP contribution < -0.4 is 20.7 Å². The number of aromatic hydroxyl groups is 3. The van der Waals surface area contributed by atoms with Gasteiger partial charge < -0.3 is 41.1 Å². The summed E-state index contributed by atoms with van der Waals surface area (Å²) in [7, 11) is -19.1. The fourth-order valence-corrected chi connectivity index (χ4v) is 10.2. The van der Waals surface area contributed by atoms with Crippen molar-refractivity contribution < 1.29 is 81.8 Å². The first-order valence-electron chi connectivity index (χ1n) is 23.3. The topological polar surface area (TPSA) is 474 Å². The van der Waals surface area contributed by atoms with Crippen LogP contribution in [0.5, 0.6) is 23.0 Å². The van der Waals surface area contributed by atoms with Gasteiger partial charge >= 0.3 is 5.97 Å². The standard InChI is InChI=1S/C50H38N12O18S4/c1-80-41-14-7-25(24-51-60-38-22-33(82(71,72)73)16-26-17-34(83(74,75)76)23-40(64)43(26)38)15-36(41)61-62-45-42(84(77,78)79)19-27-18-32(81(68,69)70)21-37(44(27)46(45)65)54-50-56-48(52-28-5-3-2-4-6-28)55-49(57-50)53-29-8-10-30(11-9-29)58-59-31-12-13-39(63)35(20-31)47(66)67/h2-23,63-65H,24H2,1H3,(H,66,67)(H,68,69,70)(H,71,72,73)(H,74,75,76)(H,77,78,79)(H3,52,53,54,55,56,57). The third-order valence-electron chi connectivity index (χ3n) is 11.7. The maximum atomic E-state index is 13.0. The van der Waals surface area contributed by atoms with Gasteiger partial charge in [0.1, 0.15) is 39.1 Å². The maximum absolute atomic E-state index is 13.0. The molecule has 1 heterocycles. The molecule has 0 radical (unpaired) electrons. The van der Waals surface area contributed by atoms with Gasteiger partial charge in [-0.05, 0) is 119 Å². The van der Waals surface area contributed by atoms with Crippen molar-refractivity contribution in [2.24, 2.45) is 30.7 Å². The first-order chi connectivity index (χ1) is 39.6. The van der Waals surface area contributed by atoms with Gasteiger partial charge in [0.15, 0.2) is 5.75 Å². The highest BCUT2D eigenvalue weighted by Crippen LogP contribution is 2.47. The van der Waals surface area contributed by atoms with E-state index >= 15 is 0 Å². The van der Waals surface area contributed by atoms with Gasteiger partial charge in [-0.3, -0.25) is 18.2 Å². The number of phenols is 3. The van der Waals surface area contributed by atoms with Crippen LogP contribution >= 0.6 is 0 Å². The zero-order valence-electron chi connectivity index (χ0n) is 42.2. The van der Waals surface area contributed by atoms with Crippen molar-refractivity contribution in [2.75, 3.05) is 23.1 Å². The van der Waals surface area contributed by atoms with Gasteiger partial charge in [0.05, 0.1) is 56.5 Å². The van der Waals surface area contributed by atoms with Crippen LogP contribution in [0, 0.1) is 0 Å². The van der Waals surface area contributed by atoms with Crippen molar-refractivity contribution in [2.45, 2.75) is 26.1 Å². The summed E-state index contributed by atoms with van der Waals surface area (Å²) in [6.45, 7) is -0.366. The van der Waals surface area contributed by atoms with Crippen LogP contribution in [0.3, 0.4) is 0 Å². The second kappa shape index (κ2) is 23.0. The van der Waals surface area contributed by atoms with Crippen LogP contribution in [0.15, 0.2) is 184 Å². The highest BCUT2D eigenvalue weighted by atomic mass is 32.2. The summed E-state index contributed by atoms with van der Waals surface area (Å²) < 4.78 is 145. The molecule has 9 rings (SSSR count). The number of carboxylic acids is 1. The Morgan fingerprint density at radius 3 is 1.68 bits per heavy atom. The number of nitrogens with zero attached hydrogens (tertiary/aromatic N) is 9. The zero-order chi connectivity index (χ0) is 60.5. The Hall–Kier alpha value is -10.2. The van der Waals surface area contributed by atoms with Crippen molar-refractivity contribution in [1.29, 1.82) is 0 Å². The van der Waals surface area contributed by atoms with E-state index in [0.29, 0.717) is 23.1 Å². The van der Waals surface area contributed by atoms with Crippen molar-refractivity contribution >= 4 is 131 Å². The molecule has 0 bridgehead atoms. The van der Waals surface area contributed by atoms with E-state index in [9.17, 15) is 77.1 Å². The molecule has 0 unspecified atom stereocenters. The van der Waals surface area contributed by atoms with Gasteiger partial charge in [-0.25, -0.2) is 4.79 Å². The molecule has 0 fully saturated rings. The highest BCUT2D eigenvalue weighted by Gasteiger charge is 2.27. The number of rotatable bonds is 19. The van der Waals surface area contributed by atoms with E-state index in [0.717, 1.165) is 48.5 Å². The number of benzene rings is 8. The molecule has 0 spiro atoms. The fourth-order valence-electron chi connectivity index (χ4n) is 7.93. The Morgan fingerprint density at radius 1 is 0.524 bits per heavy atom. The minimum Gasteiger partial charge on any atom is -0.507 e. The number of para-hydroxylation sites is 1. The molecule has 8 aromatic carbocycles. The number of phenolic OH excluding ortho intramolecular Hbond substituents is 2. The predicted octanol–water partition coefficient (Wildman–Crippen LogP) is 10.3. The minimum absolute atomic E-state index is 0.0106. The molecular weight excluding hydrogens is 1180 g/mol. The number of hydrogen-bond acceptors (Lipinski definition) is 25. The number of aromatic nitrogens is 3. The minimum atomic E-state index is -5.38. The van der Waals surface area contributed by atoms with Crippen LogP contribution in [0.25, 0.3) is 21.5 Å². The number of carboxylic acid groups (broad SMARTS) is 1. The quantitative estimate of drug-likeness (QED) is 0.0265. The van der Waals surface area contributed by atoms with Crippen LogP contribution in [0.1, 0.15) is 15.9 Å². The molecule has 0 aliphatic carbocycles. The maximum Gasteiger partial charge on any atom is 0.339 e. The molecule has 0 aliphatic heterocycles. The smallest absolute Gasteiger partial charge is 0.339 e. The molecular formula is C50H38N12O18S4. The summed E-state index contributed by atoms with van der Waals surface area (Å²) in [4.78, 5) is 21.2. The Balaban J connectivity index is 1.08. The highest BCUT2D eigenvalue weighted by molar-refractivity contribution is 7.86. The molecule has 1 aromatic heterocycles. The molecule has 0 atom stereocenters. The zero-order valence-corrected chi connectivity index (χ0v) is 45.5. The van der Waals surface area contributed by atoms with Gasteiger partial charge in [-0.15, -0.1) is 10.2 Å². The lowest BCUT2D eigenvalue weighted by molar-refractivity contribution is 0.0693. The van der Waals surface area contributed by atoms with Crippen molar-refractivity contribution in [3.05, 3.63) is 145 Å². The summed E-state index contributed by atoms with van der Waals surface area (Å²) in [5.41, 5.74) is -0.666. The Kier molecular flexibility index (Phi) is 16.0. The molecule has 11 N–H and O–H groups in total. The van der Waals surface area contributed by atoms with Gasteiger partial charge in [-0.2, -0.15) is 69.1 Å². The number of azo groups is 3. The van der Waals surface area contributed by atoms with Crippen LogP contribution in [0.2, 0.25) is 0 Å². The van der Waals surface area contributed by atoms with Crippen LogP contribution in [-0.2, 0) is 47.0 Å². The van der Waals surface area contributed by atoms with Crippen molar-refractivity contribution in [1.82, 2.24) is 15.0 Å². The number of anilines is 6. The number of methoxy groups -OCH3 is 1. The predicted molar refractivity (Wildman–Crippen MR) is 298 cm³/mol. The Bertz CT molecular complexity index is 4730. The van der Waals surface area contributed by atoms with Crippen LogP contribution in [0.4, 0.5) is 63.3 Å². The Labute approximate surface area is 473 Å².